The minimum atomic E-state index is 0.212. The van der Waals surface area contributed by atoms with Crippen LogP contribution in [0.1, 0.15) is 42.5 Å². The number of rotatable bonds is 3. The second-order valence-corrected chi connectivity index (χ2v) is 4.75. The summed E-state index contributed by atoms with van der Waals surface area (Å²) >= 11 is 0. The van der Waals surface area contributed by atoms with E-state index in [2.05, 4.69) is 5.32 Å². The van der Waals surface area contributed by atoms with Crippen molar-refractivity contribution in [2.75, 3.05) is 12.3 Å². The monoisotopic (exact) mass is 232 g/mol. The molecule has 1 atom stereocenters. The molecular weight excluding hydrogens is 212 g/mol. The fourth-order valence-corrected chi connectivity index (χ4v) is 2.29. The number of carbonyl (C=O) groups excluding carboxylic acids is 1. The van der Waals surface area contributed by atoms with E-state index in [1.807, 2.05) is 12.1 Å². The Balaban J connectivity index is 1.93. The average molecular weight is 232 g/mol. The topological polar surface area (TPSA) is 55.1 Å². The Labute approximate surface area is 102 Å². The summed E-state index contributed by atoms with van der Waals surface area (Å²) in [7, 11) is 0. The molecular formula is C14H20N2O. The SMILES string of the molecule is Nc1ccc(C(=O)CC2CCCCCN2)cc1. The number of anilines is 1. The van der Waals surface area contributed by atoms with Gasteiger partial charge in [-0.2, -0.15) is 0 Å². The van der Waals surface area contributed by atoms with Crippen molar-refractivity contribution in [2.24, 2.45) is 0 Å². The highest BCUT2D eigenvalue weighted by molar-refractivity contribution is 5.96. The lowest BCUT2D eigenvalue weighted by atomic mass is 10.0. The first-order valence-electron chi connectivity index (χ1n) is 6.38. The van der Waals surface area contributed by atoms with E-state index in [1.54, 1.807) is 12.1 Å². The van der Waals surface area contributed by atoms with Crippen LogP contribution < -0.4 is 11.1 Å². The van der Waals surface area contributed by atoms with Gasteiger partial charge in [-0.3, -0.25) is 4.79 Å². The predicted molar refractivity (Wildman–Crippen MR) is 70.1 cm³/mol. The molecule has 17 heavy (non-hydrogen) atoms. The zero-order valence-electron chi connectivity index (χ0n) is 10.1. The Bertz CT molecular complexity index is 364. The van der Waals surface area contributed by atoms with Crippen LogP contribution in [0.15, 0.2) is 24.3 Å². The van der Waals surface area contributed by atoms with E-state index in [0.29, 0.717) is 18.2 Å². The normalized spacial score (nSPS) is 20.8. The lowest BCUT2D eigenvalue weighted by Crippen LogP contribution is -2.30. The highest BCUT2D eigenvalue weighted by atomic mass is 16.1. The molecule has 1 aromatic rings. The van der Waals surface area contributed by atoms with Crippen LogP contribution in [-0.2, 0) is 0 Å². The summed E-state index contributed by atoms with van der Waals surface area (Å²) in [6.45, 7) is 1.04. The number of nitrogens with two attached hydrogens (primary N) is 1. The van der Waals surface area contributed by atoms with E-state index < -0.39 is 0 Å². The quantitative estimate of drug-likeness (QED) is 0.621. The number of hydrogen-bond acceptors (Lipinski definition) is 3. The number of hydrogen-bond donors (Lipinski definition) is 2. The van der Waals surface area contributed by atoms with Gasteiger partial charge < -0.3 is 11.1 Å². The van der Waals surface area contributed by atoms with E-state index >= 15 is 0 Å². The summed E-state index contributed by atoms with van der Waals surface area (Å²) in [5.41, 5.74) is 7.08. The van der Waals surface area contributed by atoms with Gasteiger partial charge in [-0.05, 0) is 43.7 Å². The third kappa shape index (κ3) is 3.56. The summed E-state index contributed by atoms with van der Waals surface area (Å²) in [6.07, 6.45) is 5.45. The van der Waals surface area contributed by atoms with E-state index in [1.165, 1.54) is 19.3 Å². The zero-order chi connectivity index (χ0) is 12.1. The van der Waals surface area contributed by atoms with Crippen molar-refractivity contribution in [3.8, 4) is 0 Å². The minimum Gasteiger partial charge on any atom is -0.399 e. The highest BCUT2D eigenvalue weighted by Crippen LogP contribution is 2.14. The van der Waals surface area contributed by atoms with Gasteiger partial charge in [0.15, 0.2) is 5.78 Å². The maximum atomic E-state index is 12.1. The van der Waals surface area contributed by atoms with Crippen molar-refractivity contribution in [3.05, 3.63) is 29.8 Å². The molecule has 1 aromatic carbocycles. The molecule has 0 aromatic heterocycles. The lowest BCUT2D eigenvalue weighted by molar-refractivity contribution is 0.0968. The molecule has 0 saturated carbocycles. The fraction of sp³-hybridized carbons (Fsp3) is 0.500. The average Bonchev–Trinajstić information content (AvgIpc) is 2.58. The van der Waals surface area contributed by atoms with E-state index in [4.69, 9.17) is 5.73 Å². The molecule has 0 bridgehead atoms. The highest BCUT2D eigenvalue weighted by Gasteiger charge is 2.16. The van der Waals surface area contributed by atoms with Crippen LogP contribution >= 0.6 is 0 Å². The molecule has 0 aliphatic carbocycles. The Morgan fingerprint density at radius 2 is 2.00 bits per heavy atom. The van der Waals surface area contributed by atoms with Crippen LogP contribution in [-0.4, -0.2) is 18.4 Å². The van der Waals surface area contributed by atoms with E-state index in [9.17, 15) is 4.79 Å². The van der Waals surface area contributed by atoms with Gasteiger partial charge in [0, 0.05) is 23.7 Å². The van der Waals surface area contributed by atoms with Gasteiger partial charge in [-0.25, -0.2) is 0 Å². The third-order valence-corrected chi connectivity index (χ3v) is 3.33. The van der Waals surface area contributed by atoms with Crippen LogP contribution in [0, 0.1) is 0 Å². The third-order valence-electron chi connectivity index (χ3n) is 3.33. The van der Waals surface area contributed by atoms with Gasteiger partial charge in [0.05, 0.1) is 0 Å². The van der Waals surface area contributed by atoms with Gasteiger partial charge in [-0.15, -0.1) is 0 Å². The standard InChI is InChI=1S/C14H20N2O/c15-12-7-5-11(6-8-12)14(17)10-13-4-2-1-3-9-16-13/h5-8,13,16H,1-4,9-10,15H2. The van der Waals surface area contributed by atoms with Crippen molar-refractivity contribution >= 4 is 11.5 Å². The summed E-state index contributed by atoms with van der Waals surface area (Å²) < 4.78 is 0. The number of nitrogens with one attached hydrogen (secondary N) is 1. The number of carbonyl (C=O) groups is 1. The molecule has 1 aliphatic rings. The van der Waals surface area contributed by atoms with Crippen LogP contribution in [0.2, 0.25) is 0 Å². The summed E-state index contributed by atoms with van der Waals surface area (Å²) in [5, 5.41) is 3.45. The Hall–Kier alpha value is -1.35. The second-order valence-electron chi connectivity index (χ2n) is 4.75. The van der Waals surface area contributed by atoms with Crippen LogP contribution in [0.4, 0.5) is 5.69 Å². The van der Waals surface area contributed by atoms with Crippen molar-refractivity contribution in [3.63, 3.8) is 0 Å². The molecule has 0 radical (unpaired) electrons. The molecule has 1 fully saturated rings. The zero-order valence-corrected chi connectivity index (χ0v) is 10.1. The smallest absolute Gasteiger partial charge is 0.164 e. The number of benzene rings is 1. The largest absolute Gasteiger partial charge is 0.399 e. The van der Waals surface area contributed by atoms with Gasteiger partial charge in [-0.1, -0.05) is 12.8 Å². The van der Waals surface area contributed by atoms with Gasteiger partial charge in [0.25, 0.3) is 0 Å². The molecule has 1 heterocycles. The molecule has 3 N–H and O–H groups in total. The van der Waals surface area contributed by atoms with E-state index in [-0.39, 0.29) is 5.78 Å². The maximum Gasteiger partial charge on any atom is 0.164 e. The summed E-state index contributed by atoms with van der Waals surface area (Å²) in [5.74, 6) is 0.212. The van der Waals surface area contributed by atoms with Gasteiger partial charge >= 0.3 is 0 Å². The molecule has 3 nitrogen and oxygen atoms in total. The maximum absolute atomic E-state index is 12.1. The Morgan fingerprint density at radius 3 is 2.76 bits per heavy atom. The molecule has 0 spiro atoms. The van der Waals surface area contributed by atoms with Crippen molar-refractivity contribution < 1.29 is 4.79 Å². The Kier molecular flexibility index (Phi) is 4.15. The molecule has 3 heteroatoms. The van der Waals surface area contributed by atoms with Gasteiger partial charge in [0.2, 0.25) is 0 Å². The molecule has 92 valence electrons. The number of nitrogen functional groups attached to an aromatic ring is 1. The Morgan fingerprint density at radius 1 is 1.24 bits per heavy atom. The van der Waals surface area contributed by atoms with Crippen LogP contribution in [0.25, 0.3) is 0 Å². The van der Waals surface area contributed by atoms with Crippen LogP contribution in [0.5, 0.6) is 0 Å². The van der Waals surface area contributed by atoms with Crippen molar-refractivity contribution in [1.82, 2.24) is 5.32 Å². The van der Waals surface area contributed by atoms with Crippen LogP contribution in [0.3, 0.4) is 0 Å². The van der Waals surface area contributed by atoms with E-state index in [0.717, 1.165) is 18.5 Å². The first kappa shape index (κ1) is 12.1. The summed E-state index contributed by atoms with van der Waals surface area (Å²) in [6, 6.07) is 7.55. The number of Topliss-reactive ketones (excluding diaryl/α,β-unsaturated/α-hetero) is 1. The molecule has 1 unspecified atom stereocenters. The first-order valence-corrected chi connectivity index (χ1v) is 6.38. The van der Waals surface area contributed by atoms with Crippen molar-refractivity contribution in [2.45, 2.75) is 38.1 Å². The molecule has 1 aliphatic heterocycles. The second kappa shape index (κ2) is 5.82. The first-order chi connectivity index (χ1) is 8.25. The van der Waals surface area contributed by atoms with Gasteiger partial charge in [0.1, 0.15) is 0 Å². The van der Waals surface area contributed by atoms with Crippen molar-refractivity contribution in [1.29, 1.82) is 0 Å². The summed E-state index contributed by atoms with van der Waals surface area (Å²) in [4.78, 5) is 12.1. The molecule has 1 saturated heterocycles. The lowest BCUT2D eigenvalue weighted by Gasteiger charge is -2.14. The fourth-order valence-electron chi connectivity index (χ4n) is 2.29. The predicted octanol–water partition coefficient (Wildman–Crippen LogP) is 2.37. The number of ketones is 1. The molecule has 0 amide bonds. The minimum absolute atomic E-state index is 0.212. The molecule has 2 rings (SSSR count).